The summed E-state index contributed by atoms with van der Waals surface area (Å²) in [5.74, 6) is 0.257. The van der Waals surface area contributed by atoms with Crippen LogP contribution in [0.3, 0.4) is 0 Å². The van der Waals surface area contributed by atoms with Crippen molar-refractivity contribution in [2.75, 3.05) is 4.90 Å². The van der Waals surface area contributed by atoms with Crippen LogP contribution in [0.4, 0.5) is 5.69 Å². The second kappa shape index (κ2) is 8.61. The summed E-state index contributed by atoms with van der Waals surface area (Å²) in [6, 6.07) is 22.0. The number of aryl methyl sites for hydroxylation is 3. The SMILES string of the molecule is Cc1cc(C)cc(N2C(=S)N[C@H](c3ccccn3)[C@H]2c2cc(C)n(-c3ccc(O)cc3)c2C)c1. The molecule has 1 saturated heterocycles. The summed E-state index contributed by atoms with van der Waals surface area (Å²) in [5, 5.41) is 14.0. The van der Waals surface area contributed by atoms with Crippen LogP contribution < -0.4 is 10.2 Å². The van der Waals surface area contributed by atoms with Crippen molar-refractivity contribution in [1.29, 1.82) is 0 Å². The van der Waals surface area contributed by atoms with E-state index in [-0.39, 0.29) is 17.8 Å². The van der Waals surface area contributed by atoms with Gasteiger partial charge in [-0.3, -0.25) is 4.98 Å². The van der Waals surface area contributed by atoms with E-state index in [0.29, 0.717) is 5.11 Å². The number of aromatic nitrogens is 2. The zero-order valence-electron chi connectivity index (χ0n) is 19.8. The van der Waals surface area contributed by atoms with Crippen LogP contribution in [0, 0.1) is 27.7 Å². The summed E-state index contributed by atoms with van der Waals surface area (Å²) in [5.41, 5.74) is 8.89. The highest BCUT2D eigenvalue weighted by molar-refractivity contribution is 7.80. The smallest absolute Gasteiger partial charge is 0.174 e. The van der Waals surface area contributed by atoms with E-state index in [4.69, 9.17) is 12.2 Å². The Hall–Kier alpha value is -3.64. The van der Waals surface area contributed by atoms with Gasteiger partial charge in [0.1, 0.15) is 5.75 Å². The standard InChI is InChI=1S/C28H28N4OS/c1-17-13-18(2)15-22(14-17)32-27(26(30-28(32)34)25-7-5-6-12-29-25)24-16-19(3)31(20(24)4)21-8-10-23(33)11-9-21/h5-16,26-27,33H,1-4H3,(H,30,34)/t26-,27-/m1/s1. The summed E-state index contributed by atoms with van der Waals surface area (Å²) < 4.78 is 2.23. The molecule has 0 aliphatic carbocycles. The number of benzene rings is 2. The van der Waals surface area contributed by atoms with Crippen LogP contribution in [-0.2, 0) is 0 Å². The van der Waals surface area contributed by atoms with Gasteiger partial charge in [-0.25, -0.2) is 0 Å². The Morgan fingerprint density at radius 1 is 0.882 bits per heavy atom. The van der Waals surface area contributed by atoms with Crippen LogP contribution >= 0.6 is 12.2 Å². The summed E-state index contributed by atoms with van der Waals surface area (Å²) in [6.07, 6.45) is 1.83. The highest BCUT2D eigenvalue weighted by Gasteiger charge is 2.42. The molecule has 0 saturated carbocycles. The minimum Gasteiger partial charge on any atom is -0.508 e. The maximum absolute atomic E-state index is 9.77. The first-order valence-corrected chi connectivity index (χ1v) is 11.8. The van der Waals surface area contributed by atoms with Crippen LogP contribution in [-0.4, -0.2) is 19.8 Å². The number of thiocarbonyl (C=S) groups is 1. The fraction of sp³-hybridized carbons (Fsp3) is 0.214. The monoisotopic (exact) mass is 468 g/mol. The molecule has 2 atom stereocenters. The number of rotatable bonds is 4. The van der Waals surface area contributed by atoms with E-state index in [0.717, 1.165) is 28.5 Å². The number of pyridine rings is 1. The molecule has 1 aliphatic rings. The fourth-order valence-corrected chi connectivity index (χ4v) is 5.47. The Balaban J connectivity index is 1.69. The van der Waals surface area contributed by atoms with Crippen LogP contribution in [0.1, 0.15) is 45.9 Å². The lowest BCUT2D eigenvalue weighted by molar-refractivity contribution is 0.475. The maximum Gasteiger partial charge on any atom is 0.174 e. The molecule has 0 amide bonds. The van der Waals surface area contributed by atoms with Gasteiger partial charge in [-0.2, -0.15) is 0 Å². The van der Waals surface area contributed by atoms with Crippen molar-refractivity contribution in [1.82, 2.24) is 14.9 Å². The van der Waals surface area contributed by atoms with Gasteiger partial charge >= 0.3 is 0 Å². The van der Waals surface area contributed by atoms with Gasteiger partial charge in [0.2, 0.25) is 0 Å². The van der Waals surface area contributed by atoms with Crippen molar-refractivity contribution in [3.05, 3.63) is 107 Å². The molecule has 4 aromatic rings. The van der Waals surface area contributed by atoms with Crippen LogP contribution in [0.15, 0.2) is 72.9 Å². The van der Waals surface area contributed by atoms with E-state index in [1.54, 1.807) is 12.1 Å². The number of phenolic OH excluding ortho intramolecular Hbond substituents is 1. The number of nitrogens with zero attached hydrogens (tertiary/aromatic N) is 3. The van der Waals surface area contributed by atoms with E-state index < -0.39 is 0 Å². The second-order valence-corrected chi connectivity index (χ2v) is 9.41. The molecule has 34 heavy (non-hydrogen) atoms. The van der Waals surface area contributed by atoms with E-state index in [2.05, 4.69) is 77.8 Å². The third-order valence-electron chi connectivity index (χ3n) is 6.48. The van der Waals surface area contributed by atoms with Gasteiger partial charge in [0.25, 0.3) is 0 Å². The van der Waals surface area contributed by atoms with Crippen LogP contribution in [0.25, 0.3) is 5.69 Å². The van der Waals surface area contributed by atoms with Gasteiger partial charge in [0.15, 0.2) is 5.11 Å². The number of phenols is 1. The lowest BCUT2D eigenvalue weighted by Crippen LogP contribution is -2.29. The highest BCUT2D eigenvalue weighted by Crippen LogP contribution is 2.44. The first kappa shape index (κ1) is 22.2. The average molecular weight is 469 g/mol. The molecule has 0 radical (unpaired) electrons. The number of hydrogen-bond acceptors (Lipinski definition) is 3. The van der Waals surface area contributed by atoms with Crippen molar-refractivity contribution in [2.45, 2.75) is 39.8 Å². The van der Waals surface area contributed by atoms with E-state index >= 15 is 0 Å². The molecule has 0 spiro atoms. The van der Waals surface area contributed by atoms with Gasteiger partial charge in [0, 0.05) is 29.0 Å². The number of anilines is 1. The molecule has 3 heterocycles. The summed E-state index contributed by atoms with van der Waals surface area (Å²) >= 11 is 5.91. The first-order valence-electron chi connectivity index (χ1n) is 11.4. The average Bonchev–Trinajstić information content (AvgIpc) is 3.30. The maximum atomic E-state index is 9.77. The molecule has 2 aromatic heterocycles. The fourth-order valence-electron chi connectivity index (χ4n) is 5.12. The Morgan fingerprint density at radius 2 is 1.59 bits per heavy atom. The Morgan fingerprint density at radius 3 is 2.24 bits per heavy atom. The van der Waals surface area contributed by atoms with Crippen LogP contribution in [0.2, 0.25) is 0 Å². The Labute approximate surface area is 205 Å². The molecule has 5 rings (SSSR count). The largest absolute Gasteiger partial charge is 0.508 e. The molecule has 1 aliphatic heterocycles. The molecule has 1 fully saturated rings. The molecule has 2 aromatic carbocycles. The lowest BCUT2D eigenvalue weighted by atomic mass is 9.96. The predicted octanol–water partition coefficient (Wildman–Crippen LogP) is 5.99. The minimum atomic E-state index is -0.0942. The third-order valence-corrected chi connectivity index (χ3v) is 6.79. The summed E-state index contributed by atoms with van der Waals surface area (Å²) in [6.45, 7) is 8.49. The Kier molecular flexibility index (Phi) is 5.62. The molecule has 6 heteroatoms. The normalized spacial score (nSPS) is 17.8. The van der Waals surface area contributed by atoms with Crippen molar-refractivity contribution < 1.29 is 5.11 Å². The van der Waals surface area contributed by atoms with Gasteiger partial charge in [0.05, 0.1) is 17.8 Å². The number of hydrogen-bond donors (Lipinski definition) is 2. The van der Waals surface area contributed by atoms with Gasteiger partial charge in [-0.05, 0) is 111 Å². The summed E-state index contributed by atoms with van der Waals surface area (Å²) in [7, 11) is 0. The predicted molar refractivity (Wildman–Crippen MR) is 141 cm³/mol. The third kappa shape index (κ3) is 3.84. The molecule has 0 bridgehead atoms. The van der Waals surface area contributed by atoms with Crippen molar-refractivity contribution in [3.63, 3.8) is 0 Å². The number of aromatic hydroxyl groups is 1. The van der Waals surface area contributed by atoms with Gasteiger partial charge in [-0.15, -0.1) is 0 Å². The molecule has 0 unspecified atom stereocenters. The topological polar surface area (TPSA) is 53.3 Å². The van der Waals surface area contributed by atoms with E-state index in [9.17, 15) is 5.11 Å². The van der Waals surface area contributed by atoms with Crippen molar-refractivity contribution >= 4 is 23.0 Å². The zero-order valence-corrected chi connectivity index (χ0v) is 20.6. The van der Waals surface area contributed by atoms with E-state index in [1.165, 1.54) is 16.7 Å². The Bertz CT molecular complexity index is 1340. The van der Waals surface area contributed by atoms with Crippen molar-refractivity contribution in [3.8, 4) is 11.4 Å². The van der Waals surface area contributed by atoms with Crippen LogP contribution in [0.5, 0.6) is 5.75 Å². The number of nitrogens with one attached hydrogen (secondary N) is 1. The molecule has 172 valence electrons. The minimum absolute atomic E-state index is 0.0688. The molecule has 5 nitrogen and oxygen atoms in total. The first-order chi connectivity index (χ1) is 16.3. The summed E-state index contributed by atoms with van der Waals surface area (Å²) in [4.78, 5) is 6.91. The van der Waals surface area contributed by atoms with Crippen molar-refractivity contribution in [2.24, 2.45) is 0 Å². The van der Waals surface area contributed by atoms with Gasteiger partial charge < -0.3 is 19.9 Å². The highest BCUT2D eigenvalue weighted by atomic mass is 32.1. The molecular formula is C28H28N4OS. The van der Waals surface area contributed by atoms with E-state index in [1.807, 2.05) is 30.5 Å². The second-order valence-electron chi connectivity index (χ2n) is 9.02. The molecule has 2 N–H and O–H groups in total. The lowest BCUT2D eigenvalue weighted by Gasteiger charge is -2.29. The molecular weight excluding hydrogens is 440 g/mol. The quantitative estimate of drug-likeness (QED) is 0.361. The van der Waals surface area contributed by atoms with Gasteiger partial charge in [-0.1, -0.05) is 12.1 Å². The zero-order chi connectivity index (χ0) is 24.0.